The first-order valence-corrected chi connectivity index (χ1v) is 7.19. The number of ether oxygens (including phenoxy) is 1. The van der Waals surface area contributed by atoms with Crippen LogP contribution >= 0.6 is 0 Å². The highest BCUT2D eigenvalue weighted by atomic mass is 16.5. The van der Waals surface area contributed by atoms with Gasteiger partial charge < -0.3 is 15.0 Å². The van der Waals surface area contributed by atoms with Crippen molar-refractivity contribution in [3.05, 3.63) is 29.8 Å². The van der Waals surface area contributed by atoms with Crippen LogP contribution in [0.3, 0.4) is 0 Å². The lowest BCUT2D eigenvalue weighted by Gasteiger charge is -2.10. The molecule has 0 aliphatic heterocycles. The lowest BCUT2D eigenvalue weighted by Crippen LogP contribution is -2.27. The van der Waals surface area contributed by atoms with Crippen molar-refractivity contribution >= 4 is 5.91 Å². The Balaban J connectivity index is 2.03. The van der Waals surface area contributed by atoms with E-state index in [1.165, 1.54) is 5.56 Å². The Labute approximate surface area is 122 Å². The maximum absolute atomic E-state index is 11.6. The Hall–Kier alpha value is -1.55. The molecule has 0 heterocycles. The van der Waals surface area contributed by atoms with Crippen molar-refractivity contribution in [3.63, 3.8) is 0 Å². The van der Waals surface area contributed by atoms with Gasteiger partial charge in [0, 0.05) is 13.0 Å². The van der Waals surface area contributed by atoms with E-state index >= 15 is 0 Å². The second-order valence-electron chi connectivity index (χ2n) is 5.27. The summed E-state index contributed by atoms with van der Waals surface area (Å²) in [7, 11) is 4.06. The summed E-state index contributed by atoms with van der Waals surface area (Å²) in [5.41, 5.74) is 1.22. The third-order valence-electron chi connectivity index (χ3n) is 2.94. The van der Waals surface area contributed by atoms with Crippen molar-refractivity contribution in [2.24, 2.45) is 0 Å². The Morgan fingerprint density at radius 3 is 2.55 bits per heavy atom. The van der Waals surface area contributed by atoms with Gasteiger partial charge in [-0.15, -0.1) is 0 Å². The molecule has 4 nitrogen and oxygen atoms in total. The first-order chi connectivity index (χ1) is 9.58. The zero-order valence-electron chi connectivity index (χ0n) is 12.8. The van der Waals surface area contributed by atoms with Crippen LogP contribution in [0.5, 0.6) is 5.75 Å². The lowest BCUT2D eigenvalue weighted by atomic mass is 10.2. The first-order valence-electron chi connectivity index (χ1n) is 7.19. The highest BCUT2D eigenvalue weighted by Gasteiger charge is 2.01. The highest BCUT2D eigenvalue weighted by Crippen LogP contribution is 2.11. The van der Waals surface area contributed by atoms with Gasteiger partial charge in [-0.25, -0.2) is 0 Å². The molecule has 1 rings (SSSR count). The number of aryl methyl sites for hydroxylation is 1. The highest BCUT2D eigenvalue weighted by molar-refractivity contribution is 5.75. The van der Waals surface area contributed by atoms with Crippen LogP contribution in [0.4, 0.5) is 0 Å². The Bertz CT molecular complexity index is 388. The van der Waals surface area contributed by atoms with Crippen LogP contribution in [0.15, 0.2) is 24.3 Å². The Kier molecular flexibility index (Phi) is 7.73. The Morgan fingerprint density at radius 1 is 1.20 bits per heavy atom. The van der Waals surface area contributed by atoms with Gasteiger partial charge in [-0.1, -0.05) is 17.7 Å². The van der Waals surface area contributed by atoms with Gasteiger partial charge in [0.25, 0.3) is 0 Å². The molecule has 1 amide bonds. The summed E-state index contributed by atoms with van der Waals surface area (Å²) >= 11 is 0. The predicted octanol–water partition coefficient (Wildman–Crippen LogP) is 2.22. The van der Waals surface area contributed by atoms with Gasteiger partial charge >= 0.3 is 0 Å². The van der Waals surface area contributed by atoms with E-state index in [2.05, 4.69) is 10.2 Å². The van der Waals surface area contributed by atoms with Crippen molar-refractivity contribution in [2.75, 3.05) is 33.8 Å². The minimum absolute atomic E-state index is 0.108. The van der Waals surface area contributed by atoms with Crippen LogP contribution in [-0.2, 0) is 4.79 Å². The van der Waals surface area contributed by atoms with Gasteiger partial charge in [-0.05, 0) is 52.5 Å². The third-order valence-corrected chi connectivity index (χ3v) is 2.94. The maximum Gasteiger partial charge on any atom is 0.220 e. The molecular weight excluding hydrogens is 252 g/mol. The smallest absolute Gasteiger partial charge is 0.220 e. The summed E-state index contributed by atoms with van der Waals surface area (Å²) in [6, 6.07) is 7.95. The van der Waals surface area contributed by atoms with Gasteiger partial charge in [0.15, 0.2) is 0 Å². The quantitative estimate of drug-likeness (QED) is 0.704. The fourth-order valence-corrected chi connectivity index (χ4v) is 1.77. The van der Waals surface area contributed by atoms with Crippen LogP contribution in [0.1, 0.15) is 24.8 Å². The van der Waals surface area contributed by atoms with Crippen LogP contribution in [0.25, 0.3) is 0 Å². The largest absolute Gasteiger partial charge is 0.494 e. The molecule has 0 unspecified atom stereocenters. The number of hydrogen-bond acceptors (Lipinski definition) is 3. The molecule has 0 aromatic heterocycles. The number of hydrogen-bond donors (Lipinski definition) is 1. The molecule has 112 valence electrons. The molecule has 0 spiro atoms. The number of carbonyl (C=O) groups is 1. The molecule has 0 saturated heterocycles. The molecule has 1 N–H and O–H groups in total. The topological polar surface area (TPSA) is 41.6 Å². The second kappa shape index (κ2) is 9.37. The molecule has 20 heavy (non-hydrogen) atoms. The van der Waals surface area contributed by atoms with Crippen LogP contribution < -0.4 is 10.1 Å². The summed E-state index contributed by atoms with van der Waals surface area (Å²) in [5, 5.41) is 2.92. The van der Waals surface area contributed by atoms with Crippen LogP contribution in [0.2, 0.25) is 0 Å². The van der Waals surface area contributed by atoms with Crippen molar-refractivity contribution in [2.45, 2.75) is 26.2 Å². The zero-order valence-corrected chi connectivity index (χ0v) is 12.8. The van der Waals surface area contributed by atoms with Gasteiger partial charge in [-0.2, -0.15) is 0 Å². The molecule has 0 atom stereocenters. The van der Waals surface area contributed by atoms with Crippen molar-refractivity contribution < 1.29 is 9.53 Å². The van der Waals surface area contributed by atoms with Gasteiger partial charge in [0.2, 0.25) is 5.91 Å². The molecule has 0 radical (unpaired) electrons. The molecule has 0 aliphatic carbocycles. The van der Waals surface area contributed by atoms with E-state index in [-0.39, 0.29) is 5.91 Å². The average molecular weight is 278 g/mol. The molecular formula is C16H26N2O2. The Morgan fingerprint density at radius 2 is 1.90 bits per heavy atom. The number of nitrogens with zero attached hydrogens (tertiary/aromatic N) is 1. The minimum atomic E-state index is 0.108. The standard InChI is InChI=1S/C16H26N2O2/c1-14-7-9-15(10-8-14)20-13-4-6-16(19)17-11-5-12-18(2)3/h7-10H,4-6,11-13H2,1-3H3,(H,17,19). The normalized spacial score (nSPS) is 10.6. The van der Waals surface area contributed by atoms with E-state index in [0.717, 1.165) is 31.7 Å². The fraction of sp³-hybridized carbons (Fsp3) is 0.562. The van der Waals surface area contributed by atoms with Crippen LogP contribution in [-0.4, -0.2) is 44.6 Å². The van der Waals surface area contributed by atoms with E-state index in [1.807, 2.05) is 45.3 Å². The number of carbonyl (C=O) groups excluding carboxylic acids is 1. The van der Waals surface area contributed by atoms with Crippen LogP contribution in [0, 0.1) is 6.92 Å². The number of amides is 1. The summed E-state index contributed by atoms with van der Waals surface area (Å²) in [6.07, 6.45) is 2.25. The average Bonchev–Trinajstić information content (AvgIpc) is 2.41. The molecule has 1 aromatic carbocycles. The molecule has 0 aliphatic rings. The summed E-state index contributed by atoms with van der Waals surface area (Å²) < 4.78 is 5.58. The molecule has 0 bridgehead atoms. The van der Waals surface area contributed by atoms with E-state index < -0.39 is 0 Å². The first kappa shape index (κ1) is 16.5. The van der Waals surface area contributed by atoms with Gasteiger partial charge in [0.1, 0.15) is 5.75 Å². The molecule has 4 heteroatoms. The van der Waals surface area contributed by atoms with Gasteiger partial charge in [0.05, 0.1) is 6.61 Å². The monoisotopic (exact) mass is 278 g/mol. The van der Waals surface area contributed by atoms with Crippen molar-refractivity contribution in [1.82, 2.24) is 10.2 Å². The van der Waals surface area contributed by atoms with E-state index in [9.17, 15) is 4.79 Å². The second-order valence-corrected chi connectivity index (χ2v) is 5.27. The predicted molar refractivity (Wildman–Crippen MR) is 82.1 cm³/mol. The maximum atomic E-state index is 11.6. The summed E-state index contributed by atoms with van der Waals surface area (Å²) in [6.45, 7) is 4.37. The SMILES string of the molecule is Cc1ccc(OCCCC(=O)NCCCN(C)C)cc1. The van der Waals surface area contributed by atoms with E-state index in [0.29, 0.717) is 13.0 Å². The molecule has 0 saturated carbocycles. The molecule has 1 aromatic rings. The lowest BCUT2D eigenvalue weighted by molar-refractivity contribution is -0.121. The number of benzene rings is 1. The number of nitrogens with one attached hydrogen (secondary N) is 1. The minimum Gasteiger partial charge on any atom is -0.494 e. The summed E-state index contributed by atoms with van der Waals surface area (Å²) in [5.74, 6) is 0.971. The van der Waals surface area contributed by atoms with Crippen molar-refractivity contribution in [1.29, 1.82) is 0 Å². The fourth-order valence-electron chi connectivity index (χ4n) is 1.77. The third kappa shape index (κ3) is 7.79. The zero-order chi connectivity index (χ0) is 14.8. The number of rotatable bonds is 9. The van der Waals surface area contributed by atoms with Gasteiger partial charge in [-0.3, -0.25) is 4.79 Å². The van der Waals surface area contributed by atoms with E-state index in [1.54, 1.807) is 0 Å². The van der Waals surface area contributed by atoms with Crippen molar-refractivity contribution in [3.8, 4) is 5.75 Å². The summed E-state index contributed by atoms with van der Waals surface area (Å²) in [4.78, 5) is 13.7. The van der Waals surface area contributed by atoms with E-state index in [4.69, 9.17) is 4.74 Å². The molecule has 0 fully saturated rings.